The summed E-state index contributed by atoms with van der Waals surface area (Å²) in [5.41, 5.74) is 2.21. The van der Waals surface area contributed by atoms with Gasteiger partial charge in [-0.05, 0) is 31.0 Å². The van der Waals surface area contributed by atoms with Crippen LogP contribution in [0.5, 0.6) is 5.75 Å². The number of likely N-dealkylation sites (N-methyl/N-ethyl adjacent to an activating group) is 1. The SMILES string of the molecule is CCc1ccc(OC)c(N(C)CC(C)=O)c1. The number of hydrogen-bond donors (Lipinski definition) is 0. The lowest BCUT2D eigenvalue weighted by atomic mass is 10.1. The Hall–Kier alpha value is -1.51. The van der Waals surface area contributed by atoms with Gasteiger partial charge in [0.25, 0.3) is 0 Å². The van der Waals surface area contributed by atoms with E-state index in [9.17, 15) is 4.79 Å². The molecule has 1 aromatic carbocycles. The van der Waals surface area contributed by atoms with Crippen molar-refractivity contribution in [3.05, 3.63) is 23.8 Å². The summed E-state index contributed by atoms with van der Waals surface area (Å²) in [5, 5.41) is 0. The summed E-state index contributed by atoms with van der Waals surface area (Å²) in [4.78, 5) is 13.0. The van der Waals surface area contributed by atoms with E-state index in [-0.39, 0.29) is 5.78 Å². The Balaban J connectivity index is 3.02. The fraction of sp³-hybridized carbons (Fsp3) is 0.462. The van der Waals surface area contributed by atoms with Crippen LogP contribution in [0.4, 0.5) is 5.69 Å². The van der Waals surface area contributed by atoms with Gasteiger partial charge in [-0.2, -0.15) is 0 Å². The monoisotopic (exact) mass is 221 g/mol. The molecule has 0 fully saturated rings. The Morgan fingerprint density at radius 3 is 2.62 bits per heavy atom. The van der Waals surface area contributed by atoms with E-state index in [1.165, 1.54) is 5.56 Å². The lowest BCUT2D eigenvalue weighted by molar-refractivity contribution is -0.115. The van der Waals surface area contributed by atoms with Gasteiger partial charge in [0.05, 0.1) is 19.3 Å². The molecule has 0 saturated carbocycles. The van der Waals surface area contributed by atoms with Gasteiger partial charge < -0.3 is 9.64 Å². The summed E-state index contributed by atoms with van der Waals surface area (Å²) in [5.74, 6) is 0.951. The topological polar surface area (TPSA) is 29.5 Å². The van der Waals surface area contributed by atoms with Crippen LogP contribution in [-0.2, 0) is 11.2 Å². The van der Waals surface area contributed by atoms with E-state index in [4.69, 9.17) is 4.74 Å². The normalized spacial score (nSPS) is 10.0. The first kappa shape index (κ1) is 12.6. The maximum Gasteiger partial charge on any atom is 0.149 e. The van der Waals surface area contributed by atoms with Gasteiger partial charge in [0, 0.05) is 7.05 Å². The van der Waals surface area contributed by atoms with E-state index in [1.807, 2.05) is 24.1 Å². The number of anilines is 1. The molecule has 1 aromatic rings. The van der Waals surface area contributed by atoms with Crippen LogP contribution in [0.15, 0.2) is 18.2 Å². The molecule has 0 saturated heterocycles. The molecular formula is C13H19NO2. The minimum atomic E-state index is 0.145. The zero-order chi connectivity index (χ0) is 12.1. The summed E-state index contributed by atoms with van der Waals surface area (Å²) >= 11 is 0. The highest BCUT2D eigenvalue weighted by molar-refractivity contribution is 5.81. The average molecular weight is 221 g/mol. The largest absolute Gasteiger partial charge is 0.495 e. The van der Waals surface area contributed by atoms with Gasteiger partial charge in [0.2, 0.25) is 0 Å². The van der Waals surface area contributed by atoms with Crippen molar-refractivity contribution in [1.82, 2.24) is 0 Å². The number of carbonyl (C=O) groups excluding carboxylic acids is 1. The van der Waals surface area contributed by atoms with Crippen molar-refractivity contribution in [3.8, 4) is 5.75 Å². The fourth-order valence-electron chi connectivity index (χ4n) is 1.67. The number of aryl methyl sites for hydroxylation is 1. The second-order valence-corrected chi connectivity index (χ2v) is 3.92. The highest BCUT2D eigenvalue weighted by Gasteiger charge is 2.10. The molecule has 0 radical (unpaired) electrons. The van der Waals surface area contributed by atoms with Crippen molar-refractivity contribution in [2.45, 2.75) is 20.3 Å². The molecule has 16 heavy (non-hydrogen) atoms. The van der Waals surface area contributed by atoms with Crippen LogP contribution < -0.4 is 9.64 Å². The summed E-state index contributed by atoms with van der Waals surface area (Å²) in [6.45, 7) is 4.10. The maximum atomic E-state index is 11.1. The van der Waals surface area contributed by atoms with Crippen molar-refractivity contribution >= 4 is 11.5 Å². The van der Waals surface area contributed by atoms with Crippen LogP contribution >= 0.6 is 0 Å². The van der Waals surface area contributed by atoms with Crippen molar-refractivity contribution in [2.24, 2.45) is 0 Å². The first-order chi connectivity index (χ1) is 7.58. The first-order valence-electron chi connectivity index (χ1n) is 5.46. The molecule has 0 spiro atoms. The highest BCUT2D eigenvalue weighted by atomic mass is 16.5. The molecule has 0 aromatic heterocycles. The predicted octanol–water partition coefficient (Wildman–Crippen LogP) is 2.28. The summed E-state index contributed by atoms with van der Waals surface area (Å²) in [6.07, 6.45) is 0.977. The molecule has 3 heteroatoms. The quantitative estimate of drug-likeness (QED) is 0.764. The van der Waals surface area contributed by atoms with Crippen molar-refractivity contribution in [1.29, 1.82) is 0 Å². The molecule has 88 valence electrons. The average Bonchev–Trinajstić information content (AvgIpc) is 2.27. The van der Waals surface area contributed by atoms with Gasteiger partial charge in [-0.25, -0.2) is 0 Å². The lowest BCUT2D eigenvalue weighted by Crippen LogP contribution is -2.24. The number of hydrogen-bond acceptors (Lipinski definition) is 3. The fourth-order valence-corrected chi connectivity index (χ4v) is 1.67. The third-order valence-corrected chi connectivity index (χ3v) is 2.52. The number of benzene rings is 1. The molecular weight excluding hydrogens is 202 g/mol. The summed E-state index contributed by atoms with van der Waals surface area (Å²) in [6, 6.07) is 6.07. The van der Waals surface area contributed by atoms with Gasteiger partial charge in [-0.3, -0.25) is 4.79 Å². The highest BCUT2D eigenvalue weighted by Crippen LogP contribution is 2.28. The second kappa shape index (κ2) is 5.54. The number of Topliss-reactive ketones (excluding diaryl/α,β-unsaturated/α-hetero) is 1. The number of nitrogens with zero attached hydrogens (tertiary/aromatic N) is 1. The van der Waals surface area contributed by atoms with Gasteiger partial charge in [0.15, 0.2) is 0 Å². The van der Waals surface area contributed by atoms with Crippen LogP contribution in [0.2, 0.25) is 0 Å². The molecule has 0 aliphatic heterocycles. The molecule has 0 amide bonds. The lowest BCUT2D eigenvalue weighted by Gasteiger charge is -2.21. The zero-order valence-electron chi connectivity index (χ0n) is 10.4. The summed E-state index contributed by atoms with van der Waals surface area (Å²) < 4.78 is 5.29. The van der Waals surface area contributed by atoms with Crippen LogP contribution in [0.25, 0.3) is 0 Å². The standard InChI is InChI=1S/C13H19NO2/c1-5-11-6-7-13(16-4)12(8-11)14(3)9-10(2)15/h6-8H,5,9H2,1-4H3. The van der Waals surface area contributed by atoms with Gasteiger partial charge in [0.1, 0.15) is 11.5 Å². The van der Waals surface area contributed by atoms with Crippen LogP contribution in [0.3, 0.4) is 0 Å². The van der Waals surface area contributed by atoms with Crippen molar-refractivity contribution < 1.29 is 9.53 Å². The number of ether oxygens (including phenoxy) is 1. The molecule has 0 aliphatic rings. The predicted molar refractivity (Wildman–Crippen MR) is 66.3 cm³/mol. The van der Waals surface area contributed by atoms with E-state index in [2.05, 4.69) is 13.0 Å². The Morgan fingerprint density at radius 2 is 2.12 bits per heavy atom. The van der Waals surface area contributed by atoms with Gasteiger partial charge in [-0.1, -0.05) is 13.0 Å². The molecule has 0 heterocycles. The number of carbonyl (C=O) groups is 1. The Kier molecular flexibility index (Phi) is 4.35. The molecule has 0 bridgehead atoms. The second-order valence-electron chi connectivity index (χ2n) is 3.92. The van der Waals surface area contributed by atoms with Crippen molar-refractivity contribution in [3.63, 3.8) is 0 Å². The van der Waals surface area contributed by atoms with E-state index in [0.717, 1.165) is 17.9 Å². The first-order valence-corrected chi connectivity index (χ1v) is 5.46. The van der Waals surface area contributed by atoms with E-state index < -0.39 is 0 Å². The van der Waals surface area contributed by atoms with E-state index >= 15 is 0 Å². The van der Waals surface area contributed by atoms with Crippen molar-refractivity contribution in [2.75, 3.05) is 25.6 Å². The Morgan fingerprint density at radius 1 is 1.44 bits per heavy atom. The molecule has 0 atom stereocenters. The van der Waals surface area contributed by atoms with Crippen LogP contribution in [0.1, 0.15) is 19.4 Å². The minimum absolute atomic E-state index is 0.145. The number of rotatable bonds is 5. The number of methoxy groups -OCH3 is 1. The molecule has 0 N–H and O–H groups in total. The zero-order valence-corrected chi connectivity index (χ0v) is 10.4. The van der Waals surface area contributed by atoms with E-state index in [0.29, 0.717) is 6.54 Å². The molecule has 0 unspecified atom stereocenters. The molecule has 1 rings (SSSR count). The minimum Gasteiger partial charge on any atom is -0.495 e. The maximum absolute atomic E-state index is 11.1. The third-order valence-electron chi connectivity index (χ3n) is 2.52. The van der Waals surface area contributed by atoms with Crippen LogP contribution in [-0.4, -0.2) is 26.5 Å². The Labute approximate surface area is 97.0 Å². The summed E-state index contributed by atoms with van der Waals surface area (Å²) in [7, 11) is 3.55. The van der Waals surface area contributed by atoms with Gasteiger partial charge in [-0.15, -0.1) is 0 Å². The van der Waals surface area contributed by atoms with E-state index in [1.54, 1.807) is 14.0 Å². The number of ketones is 1. The third kappa shape index (κ3) is 2.99. The Bertz CT molecular complexity index is 374. The smallest absolute Gasteiger partial charge is 0.149 e. The molecule has 0 aliphatic carbocycles. The van der Waals surface area contributed by atoms with Crippen LogP contribution in [0, 0.1) is 0 Å². The molecule has 3 nitrogen and oxygen atoms in total. The van der Waals surface area contributed by atoms with Gasteiger partial charge >= 0.3 is 0 Å².